The second-order valence-electron chi connectivity index (χ2n) is 2.80. The highest BCUT2D eigenvalue weighted by atomic mass is 16.5. The first-order valence-corrected chi connectivity index (χ1v) is 4.55. The van der Waals surface area contributed by atoms with Crippen molar-refractivity contribution in [1.82, 2.24) is 9.55 Å². The van der Waals surface area contributed by atoms with Crippen LogP contribution in [-0.2, 0) is 0 Å². The molecular weight excluding hydrogens is 176 g/mol. The minimum Gasteiger partial charge on any atom is -0.492 e. The molecule has 0 unspecified atom stereocenters. The number of hydrogen-bond acceptors (Lipinski definition) is 2. The zero-order valence-corrected chi connectivity index (χ0v) is 7.97. The van der Waals surface area contributed by atoms with Crippen molar-refractivity contribution in [3.05, 3.63) is 43.0 Å². The van der Waals surface area contributed by atoms with Gasteiger partial charge < -0.3 is 4.74 Å². The fourth-order valence-corrected chi connectivity index (χ4v) is 1.30. The van der Waals surface area contributed by atoms with Gasteiger partial charge >= 0.3 is 0 Å². The molecule has 0 saturated heterocycles. The minimum atomic E-state index is 0.658. The Balaban J connectivity index is 2.42. The standard InChI is InChI=1S/C11H11N2O/c1-2-14-11-6-4-3-5-10(11)13-8-7-12-9-13/h3-8H,2H2,1H3. The van der Waals surface area contributed by atoms with Gasteiger partial charge in [0.15, 0.2) is 6.33 Å². The van der Waals surface area contributed by atoms with E-state index in [9.17, 15) is 0 Å². The average molecular weight is 187 g/mol. The topological polar surface area (TPSA) is 27.1 Å². The van der Waals surface area contributed by atoms with Crippen molar-refractivity contribution < 1.29 is 4.74 Å². The van der Waals surface area contributed by atoms with Crippen LogP contribution in [0.5, 0.6) is 5.75 Å². The van der Waals surface area contributed by atoms with E-state index in [-0.39, 0.29) is 0 Å². The van der Waals surface area contributed by atoms with Gasteiger partial charge in [0.05, 0.1) is 12.3 Å². The van der Waals surface area contributed by atoms with E-state index in [1.54, 1.807) is 6.20 Å². The molecule has 0 amide bonds. The van der Waals surface area contributed by atoms with Crippen molar-refractivity contribution in [2.75, 3.05) is 6.61 Å². The molecule has 1 radical (unpaired) electrons. The number of hydrogen-bond donors (Lipinski definition) is 0. The summed E-state index contributed by atoms with van der Waals surface area (Å²) in [6.45, 7) is 2.63. The van der Waals surface area contributed by atoms with Crippen LogP contribution < -0.4 is 4.74 Å². The van der Waals surface area contributed by atoms with E-state index in [4.69, 9.17) is 4.74 Å². The highest BCUT2D eigenvalue weighted by molar-refractivity contribution is 5.46. The predicted octanol–water partition coefficient (Wildman–Crippen LogP) is 2.07. The smallest absolute Gasteiger partial charge is 0.181 e. The maximum Gasteiger partial charge on any atom is 0.181 e. The van der Waals surface area contributed by atoms with Gasteiger partial charge in [0.1, 0.15) is 5.75 Å². The number of imidazole rings is 1. The summed E-state index contributed by atoms with van der Waals surface area (Å²) < 4.78 is 7.30. The first-order valence-electron chi connectivity index (χ1n) is 4.55. The maximum atomic E-state index is 5.49. The monoisotopic (exact) mass is 187 g/mol. The molecule has 0 atom stereocenters. The number of rotatable bonds is 3. The molecule has 0 fully saturated rings. The molecule has 3 nitrogen and oxygen atoms in total. The molecule has 1 aromatic heterocycles. The van der Waals surface area contributed by atoms with E-state index in [0.717, 1.165) is 11.4 Å². The quantitative estimate of drug-likeness (QED) is 0.735. The molecule has 1 aromatic carbocycles. The van der Waals surface area contributed by atoms with Crippen LogP contribution in [0.25, 0.3) is 5.69 Å². The van der Waals surface area contributed by atoms with E-state index >= 15 is 0 Å². The molecule has 0 aliphatic heterocycles. The molecule has 2 rings (SSSR count). The lowest BCUT2D eigenvalue weighted by atomic mass is 10.3. The molecule has 3 heteroatoms. The number of ether oxygens (including phenoxy) is 1. The summed E-state index contributed by atoms with van der Waals surface area (Å²) in [4.78, 5) is 3.88. The van der Waals surface area contributed by atoms with Crippen molar-refractivity contribution in [2.24, 2.45) is 0 Å². The zero-order valence-electron chi connectivity index (χ0n) is 7.97. The predicted molar refractivity (Wildman–Crippen MR) is 53.6 cm³/mol. The van der Waals surface area contributed by atoms with Gasteiger partial charge in [-0.15, -0.1) is 0 Å². The molecule has 0 bridgehead atoms. The lowest BCUT2D eigenvalue weighted by Gasteiger charge is -2.09. The van der Waals surface area contributed by atoms with E-state index in [2.05, 4.69) is 11.3 Å². The van der Waals surface area contributed by atoms with Gasteiger partial charge in [0, 0.05) is 12.4 Å². The number of para-hydroxylation sites is 2. The van der Waals surface area contributed by atoms with E-state index in [1.807, 2.05) is 42.0 Å². The third kappa shape index (κ3) is 1.62. The fraction of sp³-hybridized carbons (Fsp3) is 0.182. The van der Waals surface area contributed by atoms with Gasteiger partial charge in [-0.25, -0.2) is 4.98 Å². The lowest BCUT2D eigenvalue weighted by molar-refractivity contribution is 0.339. The summed E-state index contributed by atoms with van der Waals surface area (Å²) in [5, 5.41) is 0. The number of aromatic nitrogens is 2. The molecular formula is C11H11N2O. The van der Waals surface area contributed by atoms with Crippen LogP contribution in [0.1, 0.15) is 6.92 Å². The van der Waals surface area contributed by atoms with Crippen LogP contribution in [0.4, 0.5) is 0 Å². The molecule has 0 aliphatic rings. The number of benzene rings is 1. The second-order valence-corrected chi connectivity index (χ2v) is 2.80. The molecule has 0 spiro atoms. The van der Waals surface area contributed by atoms with E-state index in [0.29, 0.717) is 6.61 Å². The third-order valence-corrected chi connectivity index (χ3v) is 1.88. The first-order chi connectivity index (χ1) is 6.92. The Labute approximate surface area is 83.0 Å². The minimum absolute atomic E-state index is 0.658. The summed E-state index contributed by atoms with van der Waals surface area (Å²) in [5.41, 5.74) is 0.965. The fourth-order valence-electron chi connectivity index (χ4n) is 1.30. The van der Waals surface area contributed by atoms with Gasteiger partial charge in [-0.05, 0) is 19.1 Å². The van der Waals surface area contributed by atoms with Crippen molar-refractivity contribution >= 4 is 0 Å². The summed E-state index contributed by atoms with van der Waals surface area (Å²) in [6.07, 6.45) is 6.38. The lowest BCUT2D eigenvalue weighted by Crippen LogP contribution is -1.98. The van der Waals surface area contributed by atoms with Crippen LogP contribution in [-0.4, -0.2) is 16.2 Å². The Morgan fingerprint density at radius 3 is 3.00 bits per heavy atom. The summed E-state index contributed by atoms with van der Waals surface area (Å²) in [6, 6.07) is 7.83. The third-order valence-electron chi connectivity index (χ3n) is 1.88. The molecule has 1 heterocycles. The van der Waals surface area contributed by atoms with Gasteiger partial charge in [-0.1, -0.05) is 12.1 Å². The Kier molecular flexibility index (Phi) is 2.49. The zero-order chi connectivity index (χ0) is 9.80. The Morgan fingerprint density at radius 2 is 2.29 bits per heavy atom. The first kappa shape index (κ1) is 8.81. The van der Waals surface area contributed by atoms with Crippen LogP contribution in [0.2, 0.25) is 0 Å². The SMILES string of the molecule is CCOc1ccccc1-n1[c]ncc1. The van der Waals surface area contributed by atoms with Gasteiger partial charge in [-0.3, -0.25) is 4.57 Å². The van der Waals surface area contributed by atoms with Crippen LogP contribution in [0.15, 0.2) is 36.7 Å². The molecule has 0 saturated carbocycles. The Morgan fingerprint density at radius 1 is 1.43 bits per heavy atom. The highest BCUT2D eigenvalue weighted by Gasteiger charge is 2.03. The Bertz CT molecular complexity index is 395. The van der Waals surface area contributed by atoms with Crippen LogP contribution in [0.3, 0.4) is 0 Å². The molecule has 2 aromatic rings. The average Bonchev–Trinajstić information content (AvgIpc) is 2.72. The number of nitrogens with zero attached hydrogens (tertiary/aromatic N) is 2. The molecule has 14 heavy (non-hydrogen) atoms. The molecule has 0 N–H and O–H groups in total. The highest BCUT2D eigenvalue weighted by Crippen LogP contribution is 2.21. The van der Waals surface area contributed by atoms with Crippen molar-refractivity contribution in [2.45, 2.75) is 6.92 Å². The molecule has 0 aliphatic carbocycles. The summed E-state index contributed by atoms with van der Waals surface area (Å²) in [7, 11) is 0. The second kappa shape index (κ2) is 3.96. The summed E-state index contributed by atoms with van der Waals surface area (Å²) in [5.74, 6) is 0.851. The maximum absolute atomic E-state index is 5.49. The van der Waals surface area contributed by atoms with Crippen molar-refractivity contribution in [3.8, 4) is 11.4 Å². The van der Waals surface area contributed by atoms with Gasteiger partial charge in [0.2, 0.25) is 0 Å². The van der Waals surface area contributed by atoms with E-state index in [1.165, 1.54) is 0 Å². The van der Waals surface area contributed by atoms with Gasteiger partial charge in [-0.2, -0.15) is 0 Å². The van der Waals surface area contributed by atoms with Crippen LogP contribution >= 0.6 is 0 Å². The Hall–Kier alpha value is -1.77. The summed E-state index contributed by atoms with van der Waals surface area (Å²) >= 11 is 0. The van der Waals surface area contributed by atoms with Gasteiger partial charge in [0.25, 0.3) is 0 Å². The van der Waals surface area contributed by atoms with Crippen molar-refractivity contribution in [1.29, 1.82) is 0 Å². The van der Waals surface area contributed by atoms with Crippen LogP contribution in [0, 0.1) is 6.33 Å². The molecule has 71 valence electrons. The van der Waals surface area contributed by atoms with E-state index < -0.39 is 0 Å². The van der Waals surface area contributed by atoms with Crippen molar-refractivity contribution in [3.63, 3.8) is 0 Å². The largest absolute Gasteiger partial charge is 0.492 e. The normalized spacial score (nSPS) is 10.1.